The average molecular weight is 290 g/mol. The van der Waals surface area contributed by atoms with Crippen molar-refractivity contribution < 1.29 is 9.53 Å². The lowest BCUT2D eigenvalue weighted by molar-refractivity contribution is -0.144. The second kappa shape index (κ2) is 6.39. The highest BCUT2D eigenvalue weighted by Crippen LogP contribution is 2.28. The fourth-order valence-electron chi connectivity index (χ4n) is 3.16. The summed E-state index contributed by atoms with van der Waals surface area (Å²) in [6.45, 7) is 4.48. The third-order valence-electron chi connectivity index (χ3n) is 4.18. The van der Waals surface area contributed by atoms with Crippen LogP contribution in [0.2, 0.25) is 0 Å². The molecule has 0 aromatic carbocycles. The van der Waals surface area contributed by atoms with Gasteiger partial charge in [0, 0.05) is 30.9 Å². The van der Waals surface area contributed by atoms with Crippen LogP contribution in [0.1, 0.15) is 31.0 Å². The first kappa shape index (κ1) is 14.3. The van der Waals surface area contributed by atoms with Gasteiger partial charge >= 0.3 is 5.97 Å². The number of rotatable bonds is 3. The molecule has 21 heavy (non-hydrogen) atoms. The Morgan fingerprint density at radius 2 is 2.29 bits per heavy atom. The number of hydrogen-bond acceptors (Lipinski definition) is 6. The summed E-state index contributed by atoms with van der Waals surface area (Å²) in [5, 5.41) is 3.27. The standard InChI is InChI=1S/C15H22N4O2/c1-2-21-15(20)13-9-16-7-8-19(13)14-11-5-3-4-6-12(11)17-10-18-14/h10,13,16H,2-9H2,1H3. The number of carbonyl (C=O) groups excluding carboxylic acids is 1. The van der Waals surface area contributed by atoms with Gasteiger partial charge in [-0.3, -0.25) is 0 Å². The highest BCUT2D eigenvalue weighted by atomic mass is 16.5. The molecule has 1 aromatic rings. The molecule has 1 aliphatic carbocycles. The molecule has 2 aliphatic rings. The molecule has 1 aliphatic heterocycles. The summed E-state index contributed by atoms with van der Waals surface area (Å²) in [4.78, 5) is 23.2. The number of aromatic nitrogens is 2. The van der Waals surface area contributed by atoms with E-state index in [1.807, 2.05) is 6.92 Å². The van der Waals surface area contributed by atoms with Gasteiger partial charge in [-0.05, 0) is 32.6 Å². The Hall–Kier alpha value is -1.69. The lowest BCUT2D eigenvalue weighted by Gasteiger charge is -2.37. The van der Waals surface area contributed by atoms with Gasteiger partial charge in [0.15, 0.2) is 0 Å². The Morgan fingerprint density at radius 1 is 1.43 bits per heavy atom. The summed E-state index contributed by atoms with van der Waals surface area (Å²) in [6.07, 6.45) is 6.01. The fraction of sp³-hybridized carbons (Fsp3) is 0.667. The van der Waals surface area contributed by atoms with Crippen molar-refractivity contribution >= 4 is 11.8 Å². The number of esters is 1. The van der Waals surface area contributed by atoms with Gasteiger partial charge in [0.2, 0.25) is 0 Å². The predicted octanol–water partition coefficient (Wildman–Crippen LogP) is 0.697. The first-order chi connectivity index (χ1) is 10.3. The van der Waals surface area contributed by atoms with E-state index in [4.69, 9.17) is 4.74 Å². The summed E-state index contributed by atoms with van der Waals surface area (Å²) < 4.78 is 5.21. The van der Waals surface area contributed by atoms with Crippen LogP contribution in [0, 0.1) is 0 Å². The molecule has 114 valence electrons. The number of hydrogen-bond donors (Lipinski definition) is 1. The van der Waals surface area contributed by atoms with Crippen molar-refractivity contribution in [3.05, 3.63) is 17.6 Å². The zero-order valence-electron chi connectivity index (χ0n) is 12.5. The molecule has 0 amide bonds. The van der Waals surface area contributed by atoms with E-state index in [1.165, 1.54) is 18.4 Å². The molecule has 1 atom stereocenters. The molecule has 2 heterocycles. The van der Waals surface area contributed by atoms with Crippen LogP contribution in [0.5, 0.6) is 0 Å². The molecule has 0 saturated carbocycles. The Labute approximate surface area is 124 Å². The van der Waals surface area contributed by atoms with E-state index in [9.17, 15) is 4.79 Å². The molecule has 1 fully saturated rings. The molecular formula is C15H22N4O2. The molecule has 1 saturated heterocycles. The second-order valence-corrected chi connectivity index (χ2v) is 5.49. The molecule has 6 nitrogen and oxygen atoms in total. The van der Waals surface area contributed by atoms with Gasteiger partial charge in [0.05, 0.1) is 6.61 Å². The highest BCUT2D eigenvalue weighted by molar-refractivity contribution is 5.80. The SMILES string of the molecule is CCOC(=O)C1CNCCN1c1ncnc2c1CCCC2. The largest absolute Gasteiger partial charge is 0.464 e. The van der Waals surface area contributed by atoms with E-state index in [0.717, 1.165) is 37.4 Å². The maximum absolute atomic E-state index is 12.2. The number of anilines is 1. The normalized spacial score (nSPS) is 21.8. The van der Waals surface area contributed by atoms with E-state index >= 15 is 0 Å². The van der Waals surface area contributed by atoms with Gasteiger partial charge in [-0.15, -0.1) is 0 Å². The van der Waals surface area contributed by atoms with E-state index in [0.29, 0.717) is 13.2 Å². The van der Waals surface area contributed by atoms with Crippen LogP contribution in [0.3, 0.4) is 0 Å². The first-order valence-corrected chi connectivity index (χ1v) is 7.78. The smallest absolute Gasteiger partial charge is 0.330 e. The van der Waals surface area contributed by atoms with Gasteiger partial charge in [0.25, 0.3) is 0 Å². The topological polar surface area (TPSA) is 67.3 Å². The Morgan fingerprint density at radius 3 is 3.14 bits per heavy atom. The Balaban J connectivity index is 1.91. The van der Waals surface area contributed by atoms with Crippen LogP contribution in [0.4, 0.5) is 5.82 Å². The minimum atomic E-state index is -0.292. The summed E-state index contributed by atoms with van der Waals surface area (Å²) >= 11 is 0. The molecule has 1 unspecified atom stereocenters. The molecule has 6 heteroatoms. The highest BCUT2D eigenvalue weighted by Gasteiger charge is 2.33. The number of carbonyl (C=O) groups is 1. The number of ether oxygens (including phenoxy) is 1. The summed E-state index contributed by atoms with van der Waals surface area (Å²) in [5.74, 6) is 0.757. The van der Waals surface area contributed by atoms with E-state index in [1.54, 1.807) is 6.33 Å². The minimum absolute atomic E-state index is 0.173. The van der Waals surface area contributed by atoms with E-state index < -0.39 is 0 Å². The number of fused-ring (bicyclic) bond motifs is 1. The van der Waals surface area contributed by atoms with Crippen molar-refractivity contribution in [3.63, 3.8) is 0 Å². The van der Waals surface area contributed by atoms with Crippen molar-refractivity contribution in [2.75, 3.05) is 31.1 Å². The lowest BCUT2D eigenvalue weighted by Crippen LogP contribution is -2.56. The summed E-state index contributed by atoms with van der Waals surface area (Å²) in [7, 11) is 0. The third-order valence-corrected chi connectivity index (χ3v) is 4.18. The molecular weight excluding hydrogens is 268 g/mol. The molecule has 3 rings (SSSR count). The fourth-order valence-corrected chi connectivity index (χ4v) is 3.16. The van der Waals surface area contributed by atoms with Crippen molar-refractivity contribution in [1.82, 2.24) is 15.3 Å². The Kier molecular flexibility index (Phi) is 4.34. The molecule has 0 spiro atoms. The zero-order chi connectivity index (χ0) is 14.7. The van der Waals surface area contributed by atoms with Crippen molar-refractivity contribution in [3.8, 4) is 0 Å². The van der Waals surface area contributed by atoms with Crippen LogP contribution in [0.25, 0.3) is 0 Å². The van der Waals surface area contributed by atoms with Gasteiger partial charge in [-0.1, -0.05) is 0 Å². The van der Waals surface area contributed by atoms with E-state index in [-0.39, 0.29) is 12.0 Å². The monoisotopic (exact) mass is 290 g/mol. The van der Waals surface area contributed by atoms with Crippen LogP contribution in [-0.2, 0) is 22.4 Å². The second-order valence-electron chi connectivity index (χ2n) is 5.49. The van der Waals surface area contributed by atoms with Crippen molar-refractivity contribution in [1.29, 1.82) is 0 Å². The number of nitrogens with zero attached hydrogens (tertiary/aromatic N) is 3. The summed E-state index contributed by atoms with van der Waals surface area (Å²) in [6, 6.07) is -0.292. The molecule has 0 bridgehead atoms. The minimum Gasteiger partial charge on any atom is -0.464 e. The van der Waals surface area contributed by atoms with Crippen LogP contribution < -0.4 is 10.2 Å². The lowest BCUT2D eigenvalue weighted by atomic mass is 9.95. The number of piperazine rings is 1. The van der Waals surface area contributed by atoms with Crippen molar-refractivity contribution in [2.24, 2.45) is 0 Å². The van der Waals surface area contributed by atoms with Gasteiger partial charge in [-0.2, -0.15) is 0 Å². The zero-order valence-corrected chi connectivity index (χ0v) is 12.5. The van der Waals surface area contributed by atoms with Gasteiger partial charge in [0.1, 0.15) is 18.2 Å². The predicted molar refractivity (Wildman–Crippen MR) is 79.3 cm³/mol. The maximum atomic E-state index is 12.2. The number of nitrogens with one attached hydrogen (secondary N) is 1. The van der Waals surface area contributed by atoms with Crippen molar-refractivity contribution in [2.45, 2.75) is 38.6 Å². The number of aryl methyl sites for hydroxylation is 1. The molecule has 0 radical (unpaired) electrons. The summed E-state index contributed by atoms with van der Waals surface area (Å²) in [5.41, 5.74) is 2.37. The average Bonchev–Trinajstić information content (AvgIpc) is 2.54. The Bertz CT molecular complexity index is 520. The van der Waals surface area contributed by atoms with E-state index in [2.05, 4.69) is 20.2 Å². The van der Waals surface area contributed by atoms with Crippen LogP contribution in [-0.4, -0.2) is 48.2 Å². The first-order valence-electron chi connectivity index (χ1n) is 7.78. The van der Waals surface area contributed by atoms with Crippen LogP contribution >= 0.6 is 0 Å². The third kappa shape index (κ3) is 2.85. The maximum Gasteiger partial charge on any atom is 0.330 e. The molecule has 1 aromatic heterocycles. The quantitative estimate of drug-likeness (QED) is 0.827. The van der Waals surface area contributed by atoms with Gasteiger partial charge in [-0.25, -0.2) is 14.8 Å². The molecule has 1 N–H and O–H groups in total. The van der Waals surface area contributed by atoms with Gasteiger partial charge < -0.3 is 15.0 Å². The van der Waals surface area contributed by atoms with Crippen LogP contribution in [0.15, 0.2) is 6.33 Å².